The molecule has 6 heteroatoms. The van der Waals surface area contributed by atoms with E-state index in [-0.39, 0.29) is 5.41 Å². The highest BCUT2D eigenvalue weighted by atomic mass is 15.3. The lowest BCUT2D eigenvalue weighted by atomic mass is 9.95. The molecule has 1 aliphatic rings. The van der Waals surface area contributed by atoms with Crippen molar-refractivity contribution in [2.75, 3.05) is 24.3 Å². The second-order valence-corrected chi connectivity index (χ2v) is 7.05. The zero-order chi connectivity index (χ0) is 15.6. The number of likely N-dealkylation sites (tertiary alicyclic amines) is 1. The number of nitrogens with zero attached hydrogens (tertiary/aromatic N) is 3. The average molecular weight is 292 g/mol. The van der Waals surface area contributed by atoms with E-state index in [1.54, 1.807) is 0 Å². The maximum absolute atomic E-state index is 5.53. The van der Waals surface area contributed by atoms with Gasteiger partial charge in [0, 0.05) is 30.1 Å². The molecule has 118 valence electrons. The van der Waals surface area contributed by atoms with Crippen LogP contribution in [-0.4, -0.2) is 40.5 Å². The van der Waals surface area contributed by atoms with Crippen LogP contribution in [0.5, 0.6) is 0 Å². The highest BCUT2D eigenvalue weighted by molar-refractivity contribution is 5.48. The maximum atomic E-state index is 5.53. The Morgan fingerprint density at radius 3 is 2.52 bits per heavy atom. The van der Waals surface area contributed by atoms with Crippen LogP contribution in [0.1, 0.15) is 46.4 Å². The molecule has 1 aromatic rings. The normalized spacial score (nSPS) is 23.9. The van der Waals surface area contributed by atoms with Crippen molar-refractivity contribution in [3.63, 3.8) is 0 Å². The van der Waals surface area contributed by atoms with E-state index in [9.17, 15) is 0 Å². The summed E-state index contributed by atoms with van der Waals surface area (Å²) in [6.45, 7) is 9.68. The predicted octanol–water partition coefficient (Wildman–Crippen LogP) is 1.95. The SMILES string of the molecule is CC1CC(Nc2cc(NN)nc(C(C)(C)C)n2)CCN1C. The highest BCUT2D eigenvalue weighted by Gasteiger charge is 2.24. The quantitative estimate of drug-likeness (QED) is 0.584. The number of nitrogens with two attached hydrogens (primary N) is 1. The van der Waals surface area contributed by atoms with Gasteiger partial charge < -0.3 is 15.6 Å². The summed E-state index contributed by atoms with van der Waals surface area (Å²) >= 11 is 0. The minimum atomic E-state index is -0.108. The van der Waals surface area contributed by atoms with Crippen LogP contribution in [0.4, 0.5) is 11.6 Å². The molecular formula is C15H28N6. The van der Waals surface area contributed by atoms with Gasteiger partial charge in [0.15, 0.2) is 0 Å². The van der Waals surface area contributed by atoms with Crippen molar-refractivity contribution < 1.29 is 0 Å². The molecule has 0 aliphatic carbocycles. The van der Waals surface area contributed by atoms with Gasteiger partial charge in [-0.2, -0.15) is 0 Å². The molecule has 1 fully saturated rings. The van der Waals surface area contributed by atoms with Gasteiger partial charge in [0.1, 0.15) is 17.5 Å². The number of hydrazine groups is 1. The van der Waals surface area contributed by atoms with Gasteiger partial charge in [0.2, 0.25) is 0 Å². The van der Waals surface area contributed by atoms with Crippen LogP contribution in [0.2, 0.25) is 0 Å². The third-order valence-corrected chi connectivity index (χ3v) is 4.11. The number of piperidine rings is 1. The Balaban J connectivity index is 2.16. The molecule has 2 rings (SSSR count). The third kappa shape index (κ3) is 4.04. The van der Waals surface area contributed by atoms with Gasteiger partial charge in [-0.25, -0.2) is 15.8 Å². The summed E-state index contributed by atoms with van der Waals surface area (Å²) in [6.07, 6.45) is 2.25. The molecule has 1 aliphatic heterocycles. The molecule has 1 aromatic heterocycles. The number of hydrogen-bond donors (Lipinski definition) is 3. The number of nitrogens with one attached hydrogen (secondary N) is 2. The Labute approximate surface area is 127 Å². The van der Waals surface area contributed by atoms with Gasteiger partial charge in [-0.05, 0) is 26.8 Å². The Morgan fingerprint density at radius 2 is 1.95 bits per heavy atom. The van der Waals surface area contributed by atoms with Gasteiger partial charge >= 0.3 is 0 Å². The first kappa shape index (κ1) is 16.0. The largest absolute Gasteiger partial charge is 0.367 e. The van der Waals surface area contributed by atoms with Gasteiger partial charge in [-0.15, -0.1) is 0 Å². The first-order valence-electron chi connectivity index (χ1n) is 7.62. The van der Waals surface area contributed by atoms with Crippen LogP contribution in [0.15, 0.2) is 6.07 Å². The van der Waals surface area contributed by atoms with E-state index in [1.165, 1.54) is 0 Å². The van der Waals surface area contributed by atoms with Gasteiger partial charge in [0.05, 0.1) is 0 Å². The topological polar surface area (TPSA) is 79.1 Å². The molecule has 0 bridgehead atoms. The van der Waals surface area contributed by atoms with E-state index >= 15 is 0 Å². The number of rotatable bonds is 3. The molecule has 2 heterocycles. The van der Waals surface area contributed by atoms with Crippen molar-refractivity contribution in [3.8, 4) is 0 Å². The minimum absolute atomic E-state index is 0.108. The fourth-order valence-electron chi connectivity index (χ4n) is 2.56. The Hall–Kier alpha value is -1.40. The molecule has 0 saturated carbocycles. The van der Waals surface area contributed by atoms with Gasteiger partial charge in [-0.1, -0.05) is 20.8 Å². The van der Waals surface area contributed by atoms with Crippen molar-refractivity contribution in [1.82, 2.24) is 14.9 Å². The molecular weight excluding hydrogens is 264 g/mol. The zero-order valence-electron chi connectivity index (χ0n) is 13.8. The fourth-order valence-corrected chi connectivity index (χ4v) is 2.56. The van der Waals surface area contributed by atoms with Crippen molar-refractivity contribution in [3.05, 3.63) is 11.9 Å². The summed E-state index contributed by atoms with van der Waals surface area (Å²) in [5.41, 5.74) is 2.53. The lowest BCUT2D eigenvalue weighted by Crippen LogP contribution is -2.42. The van der Waals surface area contributed by atoms with E-state index in [1.807, 2.05) is 6.07 Å². The number of hydrogen-bond acceptors (Lipinski definition) is 6. The summed E-state index contributed by atoms with van der Waals surface area (Å²) < 4.78 is 0. The molecule has 6 nitrogen and oxygen atoms in total. The fraction of sp³-hybridized carbons (Fsp3) is 0.733. The minimum Gasteiger partial charge on any atom is -0.367 e. The summed E-state index contributed by atoms with van der Waals surface area (Å²) in [5, 5.41) is 3.55. The second-order valence-electron chi connectivity index (χ2n) is 7.05. The second kappa shape index (κ2) is 6.15. The van der Waals surface area contributed by atoms with Crippen LogP contribution < -0.4 is 16.6 Å². The summed E-state index contributed by atoms with van der Waals surface area (Å²) in [4.78, 5) is 11.5. The molecule has 2 atom stereocenters. The Bertz CT molecular complexity index is 482. The summed E-state index contributed by atoms with van der Waals surface area (Å²) in [5.74, 6) is 7.83. The monoisotopic (exact) mass is 292 g/mol. The van der Waals surface area contributed by atoms with Gasteiger partial charge in [-0.3, -0.25) is 0 Å². The Kier molecular flexibility index (Phi) is 4.68. The lowest BCUT2D eigenvalue weighted by molar-refractivity contribution is 0.190. The summed E-state index contributed by atoms with van der Waals surface area (Å²) in [6, 6.07) is 2.91. The first-order chi connectivity index (χ1) is 9.79. The average Bonchev–Trinajstić information content (AvgIpc) is 2.41. The van der Waals surface area contributed by atoms with Crippen LogP contribution in [0.3, 0.4) is 0 Å². The van der Waals surface area contributed by atoms with Gasteiger partial charge in [0.25, 0.3) is 0 Å². The molecule has 0 radical (unpaired) electrons. The molecule has 0 spiro atoms. The van der Waals surface area contributed by atoms with Crippen LogP contribution in [0.25, 0.3) is 0 Å². The van der Waals surface area contributed by atoms with Crippen LogP contribution in [0, 0.1) is 0 Å². The maximum Gasteiger partial charge on any atom is 0.145 e. The van der Waals surface area contributed by atoms with E-state index in [4.69, 9.17) is 5.84 Å². The predicted molar refractivity (Wildman–Crippen MR) is 87.3 cm³/mol. The van der Waals surface area contributed by atoms with Crippen molar-refractivity contribution in [2.24, 2.45) is 5.84 Å². The summed E-state index contributed by atoms with van der Waals surface area (Å²) in [7, 11) is 2.18. The molecule has 1 saturated heterocycles. The van der Waals surface area contributed by atoms with E-state index in [2.05, 4.69) is 60.4 Å². The van der Waals surface area contributed by atoms with E-state index in [0.717, 1.165) is 31.0 Å². The molecule has 0 amide bonds. The lowest BCUT2D eigenvalue weighted by Gasteiger charge is -2.35. The molecule has 21 heavy (non-hydrogen) atoms. The number of aromatic nitrogens is 2. The van der Waals surface area contributed by atoms with Crippen LogP contribution >= 0.6 is 0 Å². The van der Waals surface area contributed by atoms with Crippen molar-refractivity contribution >= 4 is 11.6 Å². The van der Waals surface area contributed by atoms with Crippen LogP contribution in [-0.2, 0) is 5.41 Å². The van der Waals surface area contributed by atoms with Crippen molar-refractivity contribution in [2.45, 2.75) is 58.0 Å². The van der Waals surface area contributed by atoms with E-state index in [0.29, 0.717) is 17.9 Å². The molecule has 2 unspecified atom stereocenters. The molecule has 4 N–H and O–H groups in total. The number of nitrogen functional groups attached to an aromatic ring is 1. The zero-order valence-corrected chi connectivity index (χ0v) is 13.8. The Morgan fingerprint density at radius 1 is 1.29 bits per heavy atom. The molecule has 0 aromatic carbocycles. The van der Waals surface area contributed by atoms with Crippen molar-refractivity contribution in [1.29, 1.82) is 0 Å². The standard InChI is InChI=1S/C15H28N6/c1-10-8-11(6-7-21(10)5)17-12-9-13(20-16)19-14(18-12)15(2,3)4/h9-11H,6-8,16H2,1-5H3,(H2,17,18,19,20). The van der Waals surface area contributed by atoms with E-state index < -0.39 is 0 Å². The smallest absolute Gasteiger partial charge is 0.145 e. The number of anilines is 2. The highest BCUT2D eigenvalue weighted by Crippen LogP contribution is 2.24. The third-order valence-electron chi connectivity index (χ3n) is 4.11. The first-order valence-corrected chi connectivity index (χ1v) is 7.62.